The maximum absolute atomic E-state index is 11.6. The van der Waals surface area contributed by atoms with Crippen molar-refractivity contribution in [1.29, 1.82) is 0 Å². The first-order chi connectivity index (χ1) is 9.08. The number of hydrogen-bond donors (Lipinski definition) is 1. The summed E-state index contributed by atoms with van der Waals surface area (Å²) in [5.74, 6) is 0.282. The summed E-state index contributed by atoms with van der Waals surface area (Å²) in [6, 6.07) is 5.45. The summed E-state index contributed by atoms with van der Waals surface area (Å²) >= 11 is 7.16. The summed E-state index contributed by atoms with van der Waals surface area (Å²) in [6.07, 6.45) is 0.914. The van der Waals surface area contributed by atoms with Crippen LogP contribution in [-0.4, -0.2) is 22.7 Å². The number of hydrogen-bond acceptors (Lipinski definition) is 4. The number of oxazole rings is 1. The second-order valence-corrected chi connectivity index (χ2v) is 5.62. The van der Waals surface area contributed by atoms with E-state index in [1.54, 1.807) is 18.2 Å². The normalized spacial score (nSPS) is 12.6. The van der Waals surface area contributed by atoms with Gasteiger partial charge in [-0.3, -0.25) is 4.79 Å². The van der Waals surface area contributed by atoms with E-state index in [1.165, 1.54) is 11.8 Å². The van der Waals surface area contributed by atoms with E-state index >= 15 is 0 Å². The zero-order chi connectivity index (χ0) is 13.8. The first-order valence-electron chi connectivity index (χ1n) is 6.06. The van der Waals surface area contributed by atoms with Gasteiger partial charge < -0.3 is 9.73 Å². The summed E-state index contributed by atoms with van der Waals surface area (Å²) < 4.78 is 5.52. The van der Waals surface area contributed by atoms with E-state index in [-0.39, 0.29) is 11.9 Å². The Bertz CT molecular complexity index is 585. The smallest absolute Gasteiger partial charge is 0.257 e. The highest BCUT2D eigenvalue weighted by Crippen LogP contribution is 2.25. The van der Waals surface area contributed by atoms with Crippen molar-refractivity contribution < 1.29 is 9.21 Å². The van der Waals surface area contributed by atoms with Crippen LogP contribution < -0.4 is 5.32 Å². The molecule has 0 fully saturated rings. The van der Waals surface area contributed by atoms with E-state index in [1.807, 2.05) is 13.8 Å². The minimum Gasteiger partial charge on any atom is -0.431 e. The maximum Gasteiger partial charge on any atom is 0.257 e. The predicted molar refractivity (Wildman–Crippen MR) is 77.6 cm³/mol. The van der Waals surface area contributed by atoms with Crippen LogP contribution in [0, 0.1) is 0 Å². The van der Waals surface area contributed by atoms with Crippen LogP contribution in [0.2, 0.25) is 5.02 Å². The van der Waals surface area contributed by atoms with Gasteiger partial charge in [0.15, 0.2) is 5.58 Å². The standard InChI is InChI=1S/C13H15ClN2O2S/c1-3-8(2)15-12(17)7-19-13-16-10-6-9(14)4-5-11(10)18-13/h4-6,8H,3,7H2,1-2H3,(H,15,17). The Labute approximate surface area is 120 Å². The second-order valence-electron chi connectivity index (χ2n) is 4.26. The van der Waals surface area contributed by atoms with Gasteiger partial charge in [0.2, 0.25) is 5.91 Å². The Morgan fingerprint density at radius 2 is 2.37 bits per heavy atom. The van der Waals surface area contributed by atoms with Crippen molar-refractivity contribution in [3.63, 3.8) is 0 Å². The first-order valence-corrected chi connectivity index (χ1v) is 7.43. The quantitative estimate of drug-likeness (QED) is 0.859. The maximum atomic E-state index is 11.6. The number of nitrogens with zero attached hydrogens (tertiary/aromatic N) is 1. The zero-order valence-electron chi connectivity index (χ0n) is 10.8. The fraction of sp³-hybridized carbons (Fsp3) is 0.385. The Kier molecular flexibility index (Phi) is 4.71. The molecule has 0 aliphatic carbocycles. The number of carbonyl (C=O) groups excluding carboxylic acids is 1. The molecule has 102 valence electrons. The van der Waals surface area contributed by atoms with Gasteiger partial charge in [0.05, 0.1) is 5.75 Å². The van der Waals surface area contributed by atoms with Crippen LogP contribution >= 0.6 is 23.4 Å². The van der Waals surface area contributed by atoms with Crippen molar-refractivity contribution in [2.24, 2.45) is 0 Å². The van der Waals surface area contributed by atoms with Crippen molar-refractivity contribution in [3.8, 4) is 0 Å². The minimum atomic E-state index is -0.0142. The lowest BCUT2D eigenvalue weighted by Crippen LogP contribution is -2.33. The fourth-order valence-electron chi connectivity index (χ4n) is 1.49. The summed E-state index contributed by atoms with van der Waals surface area (Å²) in [4.78, 5) is 15.9. The van der Waals surface area contributed by atoms with E-state index < -0.39 is 0 Å². The Balaban J connectivity index is 1.96. The highest BCUT2D eigenvalue weighted by molar-refractivity contribution is 7.99. The van der Waals surface area contributed by atoms with E-state index in [9.17, 15) is 4.79 Å². The van der Waals surface area contributed by atoms with Gasteiger partial charge in [0.1, 0.15) is 5.52 Å². The molecule has 0 spiro atoms. The van der Waals surface area contributed by atoms with Crippen molar-refractivity contribution in [1.82, 2.24) is 10.3 Å². The van der Waals surface area contributed by atoms with E-state index in [2.05, 4.69) is 10.3 Å². The minimum absolute atomic E-state index is 0.0142. The topological polar surface area (TPSA) is 55.1 Å². The van der Waals surface area contributed by atoms with Gasteiger partial charge >= 0.3 is 0 Å². The van der Waals surface area contributed by atoms with E-state index in [0.29, 0.717) is 27.1 Å². The Morgan fingerprint density at radius 1 is 1.58 bits per heavy atom. The van der Waals surface area contributed by atoms with E-state index in [4.69, 9.17) is 16.0 Å². The molecule has 1 atom stereocenters. The molecule has 0 saturated heterocycles. The molecule has 19 heavy (non-hydrogen) atoms. The number of carbonyl (C=O) groups is 1. The first kappa shape index (κ1) is 14.2. The van der Waals surface area contributed by atoms with Crippen LogP contribution in [0.3, 0.4) is 0 Å². The number of nitrogens with one attached hydrogen (secondary N) is 1. The third-order valence-corrected chi connectivity index (χ3v) is 3.74. The molecule has 1 amide bonds. The van der Waals surface area contributed by atoms with E-state index in [0.717, 1.165) is 6.42 Å². The number of rotatable bonds is 5. The van der Waals surface area contributed by atoms with Gasteiger partial charge in [0, 0.05) is 11.1 Å². The van der Waals surface area contributed by atoms with Gasteiger partial charge in [-0.05, 0) is 31.5 Å². The molecule has 0 aliphatic heterocycles. The molecular weight excluding hydrogens is 284 g/mol. The van der Waals surface area contributed by atoms with Crippen LogP contribution in [0.15, 0.2) is 27.8 Å². The van der Waals surface area contributed by atoms with Gasteiger partial charge in [-0.1, -0.05) is 30.3 Å². The Hall–Kier alpha value is -1.20. The van der Waals surface area contributed by atoms with Gasteiger partial charge in [-0.15, -0.1) is 0 Å². The largest absolute Gasteiger partial charge is 0.431 e. The highest BCUT2D eigenvalue weighted by Gasteiger charge is 2.10. The molecule has 0 radical (unpaired) electrons. The van der Waals surface area contributed by atoms with Crippen molar-refractivity contribution in [2.45, 2.75) is 31.5 Å². The van der Waals surface area contributed by atoms with Crippen molar-refractivity contribution >= 4 is 40.4 Å². The van der Waals surface area contributed by atoms with Gasteiger partial charge in [0.25, 0.3) is 5.22 Å². The highest BCUT2D eigenvalue weighted by atomic mass is 35.5. The van der Waals surface area contributed by atoms with Crippen LogP contribution in [0.1, 0.15) is 20.3 Å². The molecule has 2 rings (SSSR count). The monoisotopic (exact) mass is 298 g/mol. The summed E-state index contributed by atoms with van der Waals surface area (Å²) in [6.45, 7) is 4.01. The lowest BCUT2D eigenvalue weighted by molar-refractivity contribution is -0.119. The lowest BCUT2D eigenvalue weighted by Gasteiger charge is -2.09. The molecule has 0 aliphatic rings. The number of fused-ring (bicyclic) bond motifs is 1. The molecule has 0 bridgehead atoms. The lowest BCUT2D eigenvalue weighted by atomic mass is 10.3. The van der Waals surface area contributed by atoms with Crippen molar-refractivity contribution in [2.75, 3.05) is 5.75 Å². The molecule has 6 heteroatoms. The molecular formula is C13H15ClN2O2S. The number of thioether (sulfide) groups is 1. The SMILES string of the molecule is CCC(C)NC(=O)CSc1nc2cc(Cl)ccc2o1. The zero-order valence-corrected chi connectivity index (χ0v) is 12.3. The van der Waals surface area contributed by atoms with Crippen LogP contribution in [0.4, 0.5) is 0 Å². The average Bonchev–Trinajstić information content (AvgIpc) is 2.78. The molecule has 0 saturated carbocycles. The van der Waals surface area contributed by atoms with Gasteiger partial charge in [-0.25, -0.2) is 4.98 Å². The second kappa shape index (κ2) is 6.30. The van der Waals surface area contributed by atoms with Crippen LogP contribution in [0.25, 0.3) is 11.1 Å². The molecule has 1 unspecified atom stereocenters. The predicted octanol–water partition coefficient (Wildman–Crippen LogP) is 3.49. The number of amides is 1. The molecule has 4 nitrogen and oxygen atoms in total. The number of halogens is 1. The third-order valence-electron chi connectivity index (χ3n) is 2.68. The fourth-order valence-corrected chi connectivity index (χ4v) is 2.30. The molecule has 1 N–H and O–H groups in total. The number of aromatic nitrogens is 1. The van der Waals surface area contributed by atoms with Crippen LogP contribution in [0.5, 0.6) is 0 Å². The number of benzene rings is 1. The molecule has 1 heterocycles. The van der Waals surface area contributed by atoms with Gasteiger partial charge in [-0.2, -0.15) is 0 Å². The summed E-state index contributed by atoms with van der Waals surface area (Å²) in [7, 11) is 0. The molecule has 1 aromatic carbocycles. The Morgan fingerprint density at radius 3 is 3.11 bits per heavy atom. The third kappa shape index (κ3) is 3.88. The van der Waals surface area contributed by atoms with Crippen LogP contribution in [-0.2, 0) is 4.79 Å². The molecule has 1 aromatic heterocycles. The van der Waals surface area contributed by atoms with Crippen molar-refractivity contribution in [3.05, 3.63) is 23.2 Å². The summed E-state index contributed by atoms with van der Waals surface area (Å²) in [5, 5.41) is 3.99. The average molecular weight is 299 g/mol. The molecule has 2 aromatic rings. The summed E-state index contributed by atoms with van der Waals surface area (Å²) in [5.41, 5.74) is 1.38.